The Bertz CT molecular complexity index is 2720. The van der Waals surface area contributed by atoms with Crippen molar-refractivity contribution in [1.82, 2.24) is 14.1 Å². The van der Waals surface area contributed by atoms with Crippen LogP contribution in [-0.4, -0.2) is 14.1 Å². The molecular formula is C46H32N6. The third-order valence-corrected chi connectivity index (χ3v) is 9.84. The van der Waals surface area contributed by atoms with Gasteiger partial charge in [0.1, 0.15) is 0 Å². The van der Waals surface area contributed by atoms with Crippen molar-refractivity contribution in [2.45, 2.75) is 25.7 Å². The van der Waals surface area contributed by atoms with Crippen molar-refractivity contribution in [2.24, 2.45) is 0 Å². The van der Waals surface area contributed by atoms with Crippen molar-refractivity contribution in [3.8, 4) is 29.6 Å². The van der Waals surface area contributed by atoms with E-state index in [9.17, 15) is 10.5 Å². The van der Waals surface area contributed by atoms with Gasteiger partial charge in [0.25, 0.3) is 0 Å². The minimum absolute atomic E-state index is 0.118. The first kappa shape index (κ1) is 32.0. The molecule has 5 aromatic carbocycles. The molecule has 8 aromatic rings. The fourth-order valence-electron chi connectivity index (χ4n) is 7.31. The molecule has 0 aliphatic rings. The largest absolute Gasteiger partial charge is 0.309 e. The number of allylic oxidation sites excluding steroid dienone is 4. The van der Waals surface area contributed by atoms with Gasteiger partial charge >= 0.3 is 0 Å². The molecule has 0 radical (unpaired) electrons. The molecule has 6 nitrogen and oxygen atoms in total. The summed E-state index contributed by atoms with van der Waals surface area (Å²) in [5.74, 6) is 0.118. The van der Waals surface area contributed by atoms with Crippen molar-refractivity contribution < 1.29 is 0 Å². The zero-order valence-corrected chi connectivity index (χ0v) is 28.5. The fraction of sp³-hybridized carbons (Fsp3) is 0.0870. The second-order valence-electron chi connectivity index (χ2n) is 12.9. The van der Waals surface area contributed by atoms with E-state index in [-0.39, 0.29) is 5.92 Å². The van der Waals surface area contributed by atoms with E-state index in [0.717, 1.165) is 73.4 Å². The van der Waals surface area contributed by atoms with Crippen LogP contribution in [0.5, 0.6) is 0 Å². The molecule has 1 unspecified atom stereocenters. The molecule has 1 atom stereocenters. The van der Waals surface area contributed by atoms with E-state index < -0.39 is 0 Å². The smallest absolute Gasteiger partial charge is 0.0991 e. The minimum Gasteiger partial charge on any atom is -0.309 e. The Morgan fingerprint density at radius 1 is 0.615 bits per heavy atom. The van der Waals surface area contributed by atoms with Crippen molar-refractivity contribution in [2.75, 3.05) is 0 Å². The van der Waals surface area contributed by atoms with E-state index >= 15 is 0 Å². The molecule has 0 saturated carbocycles. The molecule has 0 bridgehead atoms. The first-order chi connectivity index (χ1) is 25.6. The number of rotatable bonds is 8. The second kappa shape index (κ2) is 13.6. The van der Waals surface area contributed by atoms with Crippen molar-refractivity contribution in [3.63, 3.8) is 0 Å². The number of fused-ring (bicyclic) bond motifs is 6. The first-order valence-corrected chi connectivity index (χ1v) is 17.3. The lowest BCUT2D eigenvalue weighted by Crippen LogP contribution is -2.03. The third-order valence-electron chi connectivity index (χ3n) is 9.84. The molecular weight excluding hydrogens is 637 g/mol. The minimum atomic E-state index is 0.118. The summed E-state index contributed by atoms with van der Waals surface area (Å²) in [5, 5.41) is 32.8. The normalized spacial score (nSPS) is 12.2. The zero-order chi connectivity index (χ0) is 35.6. The average molecular weight is 669 g/mol. The quantitative estimate of drug-likeness (QED) is 0.151. The summed E-state index contributed by atoms with van der Waals surface area (Å²) >= 11 is 0. The lowest BCUT2D eigenvalue weighted by Gasteiger charge is -2.18. The molecule has 246 valence electrons. The monoisotopic (exact) mass is 668 g/mol. The number of nitriles is 3. The highest BCUT2D eigenvalue weighted by molar-refractivity contribution is 6.11. The van der Waals surface area contributed by atoms with Gasteiger partial charge in [-0.25, -0.2) is 0 Å². The number of hydrogen-bond donors (Lipinski definition) is 0. The van der Waals surface area contributed by atoms with E-state index in [4.69, 9.17) is 5.26 Å². The van der Waals surface area contributed by atoms with Gasteiger partial charge in [0, 0.05) is 45.0 Å². The van der Waals surface area contributed by atoms with E-state index in [0.29, 0.717) is 16.7 Å². The van der Waals surface area contributed by atoms with Crippen LogP contribution in [0.1, 0.15) is 47.1 Å². The molecule has 6 heteroatoms. The highest BCUT2D eigenvalue weighted by Gasteiger charge is 2.19. The van der Waals surface area contributed by atoms with Gasteiger partial charge in [0.2, 0.25) is 0 Å². The number of pyridine rings is 1. The van der Waals surface area contributed by atoms with E-state index in [1.165, 1.54) is 5.56 Å². The predicted molar refractivity (Wildman–Crippen MR) is 209 cm³/mol. The predicted octanol–water partition coefficient (Wildman–Crippen LogP) is 10.7. The second-order valence-corrected chi connectivity index (χ2v) is 12.9. The van der Waals surface area contributed by atoms with Gasteiger partial charge in [-0.15, -0.1) is 0 Å². The molecule has 0 fully saturated rings. The van der Waals surface area contributed by atoms with Gasteiger partial charge in [-0.3, -0.25) is 4.98 Å². The van der Waals surface area contributed by atoms with Crippen LogP contribution >= 0.6 is 0 Å². The standard InChI is InChI=1S/C46H32N6/c1-2-35(9-5-3-4-8-31-12-14-32(27-47)15-13-31)36-24-37(26-38(25-36)52-43-11-7-6-10-39(43)40-20-21-50-30-46(40)52)51-44-18-16-33(28-48)22-41(44)42-23-34(29-49)17-19-45(42)51/h3-7,9-26,30,35H,2,8H2,1H3/b4-3-,9-5-. The third kappa shape index (κ3) is 5.67. The van der Waals surface area contributed by atoms with Crippen LogP contribution in [0.2, 0.25) is 0 Å². The highest BCUT2D eigenvalue weighted by Crippen LogP contribution is 2.38. The van der Waals surface area contributed by atoms with Gasteiger partial charge < -0.3 is 9.13 Å². The van der Waals surface area contributed by atoms with Crippen LogP contribution in [0.25, 0.3) is 55.0 Å². The van der Waals surface area contributed by atoms with Crippen molar-refractivity contribution in [3.05, 3.63) is 174 Å². The van der Waals surface area contributed by atoms with Gasteiger partial charge in [0.05, 0.1) is 63.2 Å². The molecule has 0 spiro atoms. The molecule has 8 rings (SSSR count). The molecule has 52 heavy (non-hydrogen) atoms. The Hall–Kier alpha value is -7.20. The van der Waals surface area contributed by atoms with E-state index in [1.54, 1.807) is 0 Å². The Balaban J connectivity index is 1.31. The number of aromatic nitrogens is 3. The number of nitrogens with zero attached hydrogens (tertiary/aromatic N) is 6. The van der Waals surface area contributed by atoms with Crippen LogP contribution in [0.4, 0.5) is 0 Å². The van der Waals surface area contributed by atoms with Crippen LogP contribution in [0, 0.1) is 34.0 Å². The summed E-state index contributed by atoms with van der Waals surface area (Å²) in [7, 11) is 0. The summed E-state index contributed by atoms with van der Waals surface area (Å²) in [6.07, 6.45) is 14.1. The topological polar surface area (TPSA) is 94.1 Å². The van der Waals surface area contributed by atoms with Gasteiger partial charge in [0.15, 0.2) is 0 Å². The van der Waals surface area contributed by atoms with Crippen LogP contribution in [-0.2, 0) is 6.42 Å². The first-order valence-electron chi connectivity index (χ1n) is 17.3. The Morgan fingerprint density at radius 3 is 1.87 bits per heavy atom. The summed E-state index contributed by atoms with van der Waals surface area (Å²) in [6, 6.07) is 43.3. The Labute approximate surface area is 301 Å². The Morgan fingerprint density at radius 2 is 1.21 bits per heavy atom. The fourth-order valence-corrected chi connectivity index (χ4v) is 7.31. The zero-order valence-electron chi connectivity index (χ0n) is 28.5. The van der Waals surface area contributed by atoms with Gasteiger partial charge in [-0.2, -0.15) is 15.8 Å². The maximum atomic E-state index is 9.78. The molecule has 3 heterocycles. The summed E-state index contributed by atoms with van der Waals surface area (Å²) in [6.45, 7) is 2.21. The van der Waals surface area contributed by atoms with Crippen LogP contribution in [0.15, 0.2) is 146 Å². The molecule has 0 aliphatic carbocycles. The average Bonchev–Trinajstić information content (AvgIpc) is 3.71. The van der Waals surface area contributed by atoms with Crippen molar-refractivity contribution in [1.29, 1.82) is 15.8 Å². The summed E-state index contributed by atoms with van der Waals surface area (Å²) < 4.78 is 4.55. The SMILES string of the molecule is CCC(/C=C\C=C/Cc1ccc(C#N)cc1)c1cc(-n2c3ccc(C#N)cc3c3cc(C#N)ccc32)cc(-n2c3ccccc3c3ccncc32)c1. The van der Waals surface area contributed by atoms with Crippen molar-refractivity contribution >= 4 is 43.6 Å². The van der Waals surface area contributed by atoms with E-state index in [1.807, 2.05) is 73.1 Å². The maximum absolute atomic E-state index is 9.78. The van der Waals surface area contributed by atoms with Gasteiger partial charge in [-0.05, 0) is 103 Å². The molecule has 0 saturated heterocycles. The number of para-hydroxylation sites is 1. The van der Waals surface area contributed by atoms with E-state index in [2.05, 4.69) is 112 Å². The van der Waals surface area contributed by atoms with Gasteiger partial charge in [-0.1, -0.05) is 61.6 Å². The number of benzene rings is 5. The highest BCUT2D eigenvalue weighted by atomic mass is 15.0. The van der Waals surface area contributed by atoms with Crippen LogP contribution in [0.3, 0.4) is 0 Å². The van der Waals surface area contributed by atoms with Crippen LogP contribution < -0.4 is 0 Å². The molecule has 3 aromatic heterocycles. The summed E-state index contributed by atoms with van der Waals surface area (Å²) in [4.78, 5) is 4.53. The lowest BCUT2D eigenvalue weighted by atomic mass is 9.94. The summed E-state index contributed by atoms with van der Waals surface area (Å²) in [5.41, 5.74) is 10.2. The molecule has 0 amide bonds. The Kier molecular flexibility index (Phi) is 8.38. The molecule has 0 aliphatic heterocycles. The lowest BCUT2D eigenvalue weighted by molar-refractivity contribution is 0.803. The maximum Gasteiger partial charge on any atom is 0.0991 e. The number of hydrogen-bond acceptors (Lipinski definition) is 4. The molecule has 0 N–H and O–H groups in total.